The molecule has 0 atom stereocenters. The van der Waals surface area contributed by atoms with E-state index >= 15 is 0 Å². The lowest BCUT2D eigenvalue weighted by atomic mass is 10.3. The highest BCUT2D eigenvalue weighted by Gasteiger charge is 2.01. The monoisotopic (exact) mass is 261 g/mol. The molecular formula is C9H6Cl3N3. The van der Waals surface area contributed by atoms with Crippen LogP contribution in [-0.4, -0.2) is 14.8 Å². The first-order chi connectivity index (χ1) is 7.13. The first-order valence-electron chi connectivity index (χ1n) is 4.13. The summed E-state index contributed by atoms with van der Waals surface area (Å²) in [5, 5.41) is 5.39. The Hall–Kier alpha value is -0.770. The lowest BCUT2D eigenvalue weighted by molar-refractivity contribution is 0.686. The molecule has 0 aliphatic heterocycles. The molecule has 78 valence electrons. The van der Waals surface area contributed by atoms with Gasteiger partial charge in [-0.05, 0) is 17.7 Å². The molecule has 2 aromatic heterocycles. The Bertz CT molecular complexity index is 461. The Labute approximate surface area is 102 Å². The van der Waals surface area contributed by atoms with Crippen LogP contribution in [0, 0.1) is 0 Å². The molecule has 6 heteroatoms. The number of hydrogen-bond acceptors (Lipinski definition) is 2. The molecule has 0 unspecified atom stereocenters. The van der Waals surface area contributed by atoms with Gasteiger partial charge in [-0.2, -0.15) is 5.10 Å². The van der Waals surface area contributed by atoms with Gasteiger partial charge < -0.3 is 0 Å². The third-order valence-corrected chi connectivity index (χ3v) is 2.35. The summed E-state index contributed by atoms with van der Waals surface area (Å²) in [6.07, 6.45) is 3.30. The zero-order chi connectivity index (χ0) is 10.8. The molecule has 2 rings (SSSR count). The highest BCUT2D eigenvalue weighted by atomic mass is 35.5. The summed E-state index contributed by atoms with van der Waals surface area (Å²) >= 11 is 17.3. The molecule has 0 aliphatic carbocycles. The topological polar surface area (TPSA) is 30.7 Å². The van der Waals surface area contributed by atoms with E-state index in [1.54, 1.807) is 29.2 Å². The minimum absolute atomic E-state index is 0.371. The van der Waals surface area contributed by atoms with Gasteiger partial charge in [0.15, 0.2) is 0 Å². The van der Waals surface area contributed by atoms with E-state index in [1.807, 2.05) is 0 Å². The van der Waals surface area contributed by atoms with Crippen LogP contribution in [0.1, 0.15) is 5.56 Å². The Balaban J connectivity index is 2.24. The number of nitrogens with zero attached hydrogens (tertiary/aromatic N) is 3. The normalized spacial score (nSPS) is 10.6. The summed E-state index contributed by atoms with van der Waals surface area (Å²) in [6, 6.07) is 3.48. The van der Waals surface area contributed by atoms with Crippen LogP contribution in [0.3, 0.4) is 0 Å². The average molecular weight is 263 g/mol. The molecule has 0 radical (unpaired) electrons. The highest BCUT2D eigenvalue weighted by Crippen LogP contribution is 2.16. The molecule has 0 saturated heterocycles. The smallest absolute Gasteiger partial charge is 0.131 e. The second-order valence-electron chi connectivity index (χ2n) is 2.98. The third-order valence-electron chi connectivity index (χ3n) is 1.77. The SMILES string of the molecule is Clc1cnn(Cc2cc(Cl)nc(Cl)c2)c1. The quantitative estimate of drug-likeness (QED) is 0.778. The van der Waals surface area contributed by atoms with Crippen LogP contribution in [0.5, 0.6) is 0 Å². The maximum atomic E-state index is 5.77. The number of aromatic nitrogens is 3. The number of pyridine rings is 1. The van der Waals surface area contributed by atoms with Crippen molar-refractivity contribution in [1.82, 2.24) is 14.8 Å². The maximum Gasteiger partial charge on any atom is 0.131 e. The summed E-state index contributed by atoms with van der Waals surface area (Å²) in [7, 11) is 0. The minimum Gasteiger partial charge on any atom is -0.267 e. The van der Waals surface area contributed by atoms with E-state index in [2.05, 4.69) is 10.1 Å². The summed E-state index contributed by atoms with van der Waals surface area (Å²) in [6.45, 7) is 0.564. The van der Waals surface area contributed by atoms with Gasteiger partial charge in [-0.15, -0.1) is 0 Å². The Morgan fingerprint density at radius 2 is 1.80 bits per heavy atom. The van der Waals surface area contributed by atoms with Gasteiger partial charge in [0.25, 0.3) is 0 Å². The van der Waals surface area contributed by atoms with Crippen molar-refractivity contribution in [1.29, 1.82) is 0 Å². The van der Waals surface area contributed by atoms with Gasteiger partial charge in [-0.25, -0.2) is 4.98 Å². The highest BCUT2D eigenvalue weighted by molar-refractivity contribution is 6.32. The first-order valence-corrected chi connectivity index (χ1v) is 5.27. The van der Waals surface area contributed by atoms with Crippen molar-refractivity contribution in [2.45, 2.75) is 6.54 Å². The van der Waals surface area contributed by atoms with E-state index in [0.717, 1.165) is 5.56 Å². The molecule has 0 fully saturated rings. The molecule has 0 saturated carbocycles. The van der Waals surface area contributed by atoms with E-state index < -0.39 is 0 Å². The zero-order valence-corrected chi connectivity index (χ0v) is 9.76. The van der Waals surface area contributed by atoms with Crippen LogP contribution >= 0.6 is 34.8 Å². The van der Waals surface area contributed by atoms with Gasteiger partial charge in [0.1, 0.15) is 10.3 Å². The molecule has 0 spiro atoms. The van der Waals surface area contributed by atoms with E-state index in [1.165, 1.54) is 0 Å². The van der Waals surface area contributed by atoms with E-state index in [-0.39, 0.29) is 0 Å². The zero-order valence-electron chi connectivity index (χ0n) is 7.49. The van der Waals surface area contributed by atoms with E-state index in [9.17, 15) is 0 Å². The van der Waals surface area contributed by atoms with Crippen LogP contribution < -0.4 is 0 Å². The third kappa shape index (κ3) is 2.84. The first kappa shape index (κ1) is 10.7. The Kier molecular flexibility index (Phi) is 3.14. The van der Waals surface area contributed by atoms with Gasteiger partial charge in [-0.1, -0.05) is 34.8 Å². The van der Waals surface area contributed by atoms with Gasteiger partial charge in [-0.3, -0.25) is 4.68 Å². The second kappa shape index (κ2) is 4.39. The summed E-state index contributed by atoms with van der Waals surface area (Å²) in [4.78, 5) is 3.86. The molecule has 3 nitrogen and oxygen atoms in total. The minimum atomic E-state index is 0.371. The molecule has 0 aliphatic rings. The predicted octanol–water partition coefficient (Wildman–Crippen LogP) is 3.29. The fourth-order valence-electron chi connectivity index (χ4n) is 1.22. The standard InChI is InChI=1S/C9H6Cl3N3/c10-7-3-13-15(5-7)4-6-1-8(11)14-9(12)2-6/h1-3,5H,4H2. The average Bonchev–Trinajstić information content (AvgIpc) is 2.49. The number of rotatable bonds is 2. The van der Waals surface area contributed by atoms with Gasteiger partial charge in [0.2, 0.25) is 0 Å². The van der Waals surface area contributed by atoms with Gasteiger partial charge in [0, 0.05) is 6.20 Å². The largest absolute Gasteiger partial charge is 0.267 e. The van der Waals surface area contributed by atoms with Crippen molar-refractivity contribution < 1.29 is 0 Å². The lowest BCUT2D eigenvalue weighted by Gasteiger charge is -2.02. The molecule has 2 heterocycles. The molecular weight excluding hydrogens is 256 g/mol. The molecule has 2 aromatic rings. The fraction of sp³-hybridized carbons (Fsp3) is 0.111. The molecule has 0 amide bonds. The Morgan fingerprint density at radius 1 is 1.13 bits per heavy atom. The molecule has 0 N–H and O–H groups in total. The Morgan fingerprint density at radius 3 is 2.33 bits per heavy atom. The van der Waals surface area contributed by atoms with Crippen molar-refractivity contribution in [2.75, 3.05) is 0 Å². The second-order valence-corrected chi connectivity index (χ2v) is 4.19. The molecule has 15 heavy (non-hydrogen) atoms. The maximum absolute atomic E-state index is 5.77. The predicted molar refractivity (Wildman–Crippen MR) is 60.6 cm³/mol. The fourth-order valence-corrected chi connectivity index (χ4v) is 1.88. The lowest BCUT2D eigenvalue weighted by Crippen LogP contribution is -2.00. The van der Waals surface area contributed by atoms with Crippen LogP contribution in [0.2, 0.25) is 15.3 Å². The van der Waals surface area contributed by atoms with Crippen molar-refractivity contribution in [3.63, 3.8) is 0 Å². The van der Waals surface area contributed by atoms with Crippen LogP contribution in [0.4, 0.5) is 0 Å². The van der Waals surface area contributed by atoms with Crippen molar-refractivity contribution in [2.24, 2.45) is 0 Å². The van der Waals surface area contributed by atoms with Crippen molar-refractivity contribution in [3.05, 3.63) is 45.4 Å². The van der Waals surface area contributed by atoms with Crippen molar-refractivity contribution in [3.8, 4) is 0 Å². The van der Waals surface area contributed by atoms with Crippen LogP contribution in [0.25, 0.3) is 0 Å². The number of halogens is 3. The van der Waals surface area contributed by atoms with Crippen molar-refractivity contribution >= 4 is 34.8 Å². The van der Waals surface area contributed by atoms with E-state index in [4.69, 9.17) is 34.8 Å². The van der Waals surface area contributed by atoms with Gasteiger partial charge in [0.05, 0.1) is 17.8 Å². The van der Waals surface area contributed by atoms with Crippen LogP contribution in [-0.2, 0) is 6.54 Å². The van der Waals surface area contributed by atoms with Gasteiger partial charge >= 0.3 is 0 Å². The summed E-state index contributed by atoms with van der Waals surface area (Å²) < 4.78 is 1.70. The summed E-state index contributed by atoms with van der Waals surface area (Å²) in [5.41, 5.74) is 0.930. The molecule has 0 aromatic carbocycles. The van der Waals surface area contributed by atoms with E-state index in [0.29, 0.717) is 21.9 Å². The van der Waals surface area contributed by atoms with Crippen LogP contribution in [0.15, 0.2) is 24.5 Å². The molecule has 0 bridgehead atoms. The number of hydrogen-bond donors (Lipinski definition) is 0. The summed E-state index contributed by atoms with van der Waals surface area (Å²) in [5.74, 6) is 0.